The molecule has 0 aliphatic heterocycles. The normalized spacial score (nSPS) is 11.1. The summed E-state index contributed by atoms with van der Waals surface area (Å²) in [5.41, 5.74) is 2.95. The Labute approximate surface area is 150 Å². The molecule has 2 rings (SSSR count). The number of rotatable bonds is 6. The van der Waals surface area contributed by atoms with Crippen LogP contribution < -0.4 is 14.8 Å². The summed E-state index contributed by atoms with van der Waals surface area (Å²) in [5, 5.41) is 2.88. The highest BCUT2D eigenvalue weighted by molar-refractivity contribution is 5.93. The molecule has 0 heterocycles. The van der Waals surface area contributed by atoms with Crippen LogP contribution in [-0.2, 0) is 16.6 Å². The van der Waals surface area contributed by atoms with Gasteiger partial charge in [-0.15, -0.1) is 0 Å². The van der Waals surface area contributed by atoms with Crippen LogP contribution in [0.5, 0.6) is 11.5 Å². The molecule has 2 aromatic rings. The largest absolute Gasteiger partial charge is 0.495 e. The number of methoxy groups -OCH3 is 1. The molecule has 2 aromatic carbocycles. The zero-order chi connectivity index (χ0) is 18.4. The highest BCUT2D eigenvalue weighted by Crippen LogP contribution is 2.31. The number of hydrogen-bond acceptors (Lipinski definition) is 3. The van der Waals surface area contributed by atoms with Gasteiger partial charge in [-0.3, -0.25) is 4.79 Å². The van der Waals surface area contributed by atoms with Gasteiger partial charge >= 0.3 is 0 Å². The van der Waals surface area contributed by atoms with Gasteiger partial charge in [0.1, 0.15) is 11.5 Å². The van der Waals surface area contributed by atoms with Crippen molar-refractivity contribution in [3.63, 3.8) is 0 Å². The molecule has 1 N–H and O–H groups in total. The maximum absolute atomic E-state index is 12.3. The predicted octanol–water partition coefficient (Wildman–Crippen LogP) is 4.57. The average molecular weight is 341 g/mol. The third-order valence-electron chi connectivity index (χ3n) is 4.02. The summed E-state index contributed by atoms with van der Waals surface area (Å²) >= 11 is 0. The van der Waals surface area contributed by atoms with E-state index in [0.717, 1.165) is 12.0 Å². The van der Waals surface area contributed by atoms with Gasteiger partial charge in [0.05, 0.1) is 12.8 Å². The SMILES string of the molecule is CCc1cccc(OCC(=O)Nc2cc(C(C)(C)C)ccc2OC)c1. The minimum absolute atomic E-state index is 0.0111. The lowest BCUT2D eigenvalue weighted by molar-refractivity contribution is -0.118. The average Bonchev–Trinajstić information content (AvgIpc) is 2.59. The van der Waals surface area contributed by atoms with Crippen LogP contribution in [0.1, 0.15) is 38.8 Å². The Bertz CT molecular complexity index is 732. The third-order valence-corrected chi connectivity index (χ3v) is 4.02. The lowest BCUT2D eigenvalue weighted by Crippen LogP contribution is -2.21. The minimum atomic E-state index is -0.216. The van der Waals surface area contributed by atoms with Crippen LogP contribution >= 0.6 is 0 Å². The summed E-state index contributed by atoms with van der Waals surface area (Å²) in [5.74, 6) is 1.12. The first-order valence-corrected chi connectivity index (χ1v) is 8.53. The third kappa shape index (κ3) is 5.24. The number of carbonyl (C=O) groups excluding carboxylic acids is 1. The van der Waals surface area contributed by atoms with Crippen LogP contribution in [0.2, 0.25) is 0 Å². The zero-order valence-corrected chi connectivity index (χ0v) is 15.7. The van der Waals surface area contributed by atoms with E-state index < -0.39 is 0 Å². The van der Waals surface area contributed by atoms with Gasteiger partial charge in [-0.25, -0.2) is 0 Å². The van der Waals surface area contributed by atoms with Gasteiger partial charge in [-0.2, -0.15) is 0 Å². The fourth-order valence-electron chi connectivity index (χ4n) is 2.46. The van der Waals surface area contributed by atoms with Crippen LogP contribution in [0.4, 0.5) is 5.69 Å². The van der Waals surface area contributed by atoms with Gasteiger partial charge in [-0.1, -0.05) is 45.9 Å². The van der Waals surface area contributed by atoms with Gasteiger partial charge in [0.15, 0.2) is 6.61 Å². The molecular formula is C21H27NO3. The van der Waals surface area contributed by atoms with E-state index in [0.29, 0.717) is 17.2 Å². The number of aryl methyl sites for hydroxylation is 1. The molecule has 4 heteroatoms. The zero-order valence-electron chi connectivity index (χ0n) is 15.7. The Morgan fingerprint density at radius 2 is 1.88 bits per heavy atom. The van der Waals surface area contributed by atoms with Crippen molar-refractivity contribution in [1.82, 2.24) is 0 Å². The lowest BCUT2D eigenvalue weighted by Gasteiger charge is -2.21. The summed E-state index contributed by atoms with van der Waals surface area (Å²) in [6, 6.07) is 13.6. The first-order chi connectivity index (χ1) is 11.8. The molecule has 134 valence electrons. The monoisotopic (exact) mass is 341 g/mol. The Hall–Kier alpha value is -2.49. The second-order valence-electron chi connectivity index (χ2n) is 7.00. The molecule has 0 aromatic heterocycles. The first kappa shape index (κ1) is 18.8. The Morgan fingerprint density at radius 3 is 2.52 bits per heavy atom. The van der Waals surface area contributed by atoms with Crippen LogP contribution in [0, 0.1) is 0 Å². The molecule has 0 saturated carbocycles. The molecule has 0 fully saturated rings. The number of ether oxygens (including phenoxy) is 2. The van der Waals surface area contributed by atoms with Crippen molar-refractivity contribution >= 4 is 11.6 Å². The second-order valence-corrected chi connectivity index (χ2v) is 7.00. The van der Waals surface area contributed by atoms with Crippen molar-refractivity contribution in [1.29, 1.82) is 0 Å². The molecule has 0 spiro atoms. The number of nitrogens with one attached hydrogen (secondary N) is 1. The van der Waals surface area contributed by atoms with E-state index in [4.69, 9.17) is 9.47 Å². The molecule has 4 nitrogen and oxygen atoms in total. The van der Waals surface area contributed by atoms with E-state index in [-0.39, 0.29) is 17.9 Å². The summed E-state index contributed by atoms with van der Waals surface area (Å²) in [6.07, 6.45) is 0.931. The standard InChI is InChI=1S/C21H27NO3/c1-6-15-8-7-9-17(12-15)25-14-20(23)22-18-13-16(21(2,3)4)10-11-19(18)24-5/h7-13H,6,14H2,1-5H3,(H,22,23). The lowest BCUT2D eigenvalue weighted by atomic mass is 9.87. The highest BCUT2D eigenvalue weighted by atomic mass is 16.5. The fourth-order valence-corrected chi connectivity index (χ4v) is 2.46. The molecule has 0 aliphatic carbocycles. The summed E-state index contributed by atoms with van der Waals surface area (Å²) < 4.78 is 11.0. The maximum Gasteiger partial charge on any atom is 0.262 e. The number of anilines is 1. The number of benzene rings is 2. The molecule has 0 bridgehead atoms. The first-order valence-electron chi connectivity index (χ1n) is 8.53. The number of hydrogen-bond donors (Lipinski definition) is 1. The summed E-state index contributed by atoms with van der Waals surface area (Å²) in [6.45, 7) is 8.43. The van der Waals surface area contributed by atoms with Crippen molar-refractivity contribution in [3.8, 4) is 11.5 Å². The quantitative estimate of drug-likeness (QED) is 0.837. The van der Waals surface area contributed by atoms with Gasteiger partial charge in [0.25, 0.3) is 5.91 Å². The molecule has 0 saturated heterocycles. The smallest absolute Gasteiger partial charge is 0.262 e. The Kier molecular flexibility index (Phi) is 6.07. The van der Waals surface area contributed by atoms with E-state index in [1.165, 1.54) is 5.56 Å². The maximum atomic E-state index is 12.3. The van der Waals surface area contributed by atoms with E-state index in [9.17, 15) is 4.79 Å². The fraction of sp³-hybridized carbons (Fsp3) is 0.381. The van der Waals surface area contributed by atoms with Crippen LogP contribution in [0.25, 0.3) is 0 Å². The van der Waals surface area contributed by atoms with E-state index in [1.54, 1.807) is 7.11 Å². The molecule has 25 heavy (non-hydrogen) atoms. The summed E-state index contributed by atoms with van der Waals surface area (Å²) in [4.78, 5) is 12.3. The van der Waals surface area contributed by atoms with Crippen molar-refractivity contribution in [2.75, 3.05) is 19.0 Å². The van der Waals surface area contributed by atoms with Crippen LogP contribution in [-0.4, -0.2) is 19.6 Å². The topological polar surface area (TPSA) is 47.6 Å². The number of amides is 1. The molecule has 1 amide bonds. The molecule has 0 aliphatic rings. The van der Waals surface area contributed by atoms with E-state index in [2.05, 4.69) is 33.0 Å². The van der Waals surface area contributed by atoms with Crippen molar-refractivity contribution in [3.05, 3.63) is 53.6 Å². The van der Waals surface area contributed by atoms with E-state index in [1.807, 2.05) is 42.5 Å². The van der Waals surface area contributed by atoms with E-state index >= 15 is 0 Å². The van der Waals surface area contributed by atoms with Crippen molar-refractivity contribution in [2.24, 2.45) is 0 Å². The molecular weight excluding hydrogens is 314 g/mol. The van der Waals surface area contributed by atoms with Gasteiger partial charge in [0, 0.05) is 0 Å². The molecule has 0 radical (unpaired) electrons. The Morgan fingerprint density at radius 1 is 1.12 bits per heavy atom. The molecule has 0 unspecified atom stereocenters. The van der Waals surface area contributed by atoms with Crippen molar-refractivity contribution in [2.45, 2.75) is 39.5 Å². The van der Waals surface area contributed by atoms with Gasteiger partial charge in [-0.05, 0) is 47.2 Å². The van der Waals surface area contributed by atoms with Gasteiger partial charge < -0.3 is 14.8 Å². The predicted molar refractivity (Wildman–Crippen MR) is 102 cm³/mol. The van der Waals surface area contributed by atoms with Crippen LogP contribution in [0.3, 0.4) is 0 Å². The van der Waals surface area contributed by atoms with Crippen molar-refractivity contribution < 1.29 is 14.3 Å². The Balaban J connectivity index is 2.06. The van der Waals surface area contributed by atoms with Gasteiger partial charge in [0.2, 0.25) is 0 Å². The number of carbonyl (C=O) groups is 1. The highest BCUT2D eigenvalue weighted by Gasteiger charge is 2.17. The molecule has 0 atom stereocenters. The minimum Gasteiger partial charge on any atom is -0.495 e. The second kappa shape index (κ2) is 8.06. The summed E-state index contributed by atoms with van der Waals surface area (Å²) in [7, 11) is 1.59. The van der Waals surface area contributed by atoms with Crippen LogP contribution in [0.15, 0.2) is 42.5 Å².